The van der Waals surface area contributed by atoms with Crippen LogP contribution in [0.4, 0.5) is 0 Å². The highest BCUT2D eigenvalue weighted by Gasteiger charge is 2.26. The van der Waals surface area contributed by atoms with Gasteiger partial charge in [0.1, 0.15) is 6.10 Å². The maximum Gasteiger partial charge on any atom is 0.189 e. The Kier molecular flexibility index (Phi) is 3.24. The molecule has 0 aromatic heterocycles. The molecular formula is C10H9NO2S2. The van der Waals surface area contributed by atoms with E-state index in [9.17, 15) is 4.55 Å². The van der Waals surface area contributed by atoms with Crippen LogP contribution in [0.25, 0.3) is 0 Å². The lowest BCUT2D eigenvalue weighted by molar-refractivity contribution is 0.150. The third kappa shape index (κ3) is 2.00. The fraction of sp³-hybridized carbons (Fsp3) is 0.200. The molecule has 2 rings (SSSR count). The molecule has 3 nitrogen and oxygen atoms in total. The van der Waals surface area contributed by atoms with E-state index in [0.29, 0.717) is 0 Å². The van der Waals surface area contributed by atoms with E-state index in [2.05, 4.69) is 10.0 Å². The van der Waals surface area contributed by atoms with Gasteiger partial charge in [0.05, 0.1) is 16.3 Å². The van der Waals surface area contributed by atoms with Crippen molar-refractivity contribution in [3.05, 3.63) is 23.8 Å². The lowest BCUT2D eigenvalue weighted by Gasteiger charge is -2.09. The number of fused-ring (bicyclic) bond motifs is 1. The Balaban J connectivity index is 2.35. The number of hydrogen-bond donors (Lipinski definition) is 1. The lowest BCUT2D eigenvalue weighted by Crippen LogP contribution is -2.09. The van der Waals surface area contributed by atoms with Gasteiger partial charge in [-0.3, -0.25) is 0 Å². The Bertz CT molecular complexity index is 416. The van der Waals surface area contributed by atoms with Crippen LogP contribution in [0.3, 0.4) is 0 Å². The van der Waals surface area contributed by atoms with Crippen LogP contribution in [0.5, 0.6) is 0 Å². The molecule has 0 spiro atoms. The standard InChI is InChI=1S/C10H9NO2S2/c1-3-8(13-2)7-4-5-10-9(6-7)14-11-15(10)12/h1,4-6,8,11H,2H3. The maximum atomic E-state index is 11.4. The molecule has 1 N–H and O–H groups in total. The van der Waals surface area contributed by atoms with Gasteiger partial charge in [-0.25, -0.2) is 0 Å². The summed E-state index contributed by atoms with van der Waals surface area (Å²) in [5.74, 6) is 2.54. The normalized spacial score (nSPS) is 20.7. The zero-order valence-electron chi connectivity index (χ0n) is 8.02. The van der Waals surface area contributed by atoms with E-state index in [1.165, 1.54) is 11.9 Å². The van der Waals surface area contributed by atoms with E-state index in [1.807, 2.05) is 18.2 Å². The summed E-state index contributed by atoms with van der Waals surface area (Å²) in [5.41, 5.74) is 0.909. The highest BCUT2D eigenvalue weighted by Crippen LogP contribution is 2.34. The van der Waals surface area contributed by atoms with Crippen LogP contribution >= 0.6 is 11.9 Å². The Morgan fingerprint density at radius 1 is 1.67 bits per heavy atom. The summed E-state index contributed by atoms with van der Waals surface area (Å²) in [6.45, 7) is 0. The maximum absolute atomic E-state index is 11.4. The Labute approximate surface area is 96.0 Å². The third-order valence-electron chi connectivity index (χ3n) is 2.08. The van der Waals surface area contributed by atoms with Gasteiger partial charge in [-0.15, -0.1) is 6.42 Å². The van der Waals surface area contributed by atoms with Crippen molar-refractivity contribution in [2.24, 2.45) is 0 Å². The minimum absolute atomic E-state index is 0.343. The molecule has 0 amide bonds. The molecule has 0 fully saturated rings. The molecule has 78 valence electrons. The molecule has 15 heavy (non-hydrogen) atoms. The monoisotopic (exact) mass is 239 g/mol. The quantitative estimate of drug-likeness (QED) is 0.484. The smallest absolute Gasteiger partial charge is 0.189 e. The summed E-state index contributed by atoms with van der Waals surface area (Å²) in [4.78, 5) is 1.75. The van der Waals surface area contributed by atoms with E-state index in [-0.39, 0.29) is 6.10 Å². The molecule has 1 aromatic rings. The number of terminal acetylenes is 1. The van der Waals surface area contributed by atoms with Gasteiger partial charge in [0.2, 0.25) is 0 Å². The van der Waals surface area contributed by atoms with Gasteiger partial charge in [0, 0.05) is 19.1 Å². The minimum atomic E-state index is -1.10. The first-order valence-electron chi connectivity index (χ1n) is 4.23. The zero-order valence-corrected chi connectivity index (χ0v) is 9.65. The van der Waals surface area contributed by atoms with Crippen molar-refractivity contribution >= 4 is 23.3 Å². The number of nitrogens with one attached hydrogen (secondary N) is 1. The predicted octanol–water partition coefficient (Wildman–Crippen LogP) is 1.64. The lowest BCUT2D eigenvalue weighted by atomic mass is 10.1. The summed E-state index contributed by atoms with van der Waals surface area (Å²) < 4.78 is 19.3. The Morgan fingerprint density at radius 2 is 2.47 bits per heavy atom. The van der Waals surface area contributed by atoms with Crippen LogP contribution in [0.15, 0.2) is 28.0 Å². The molecule has 1 heterocycles. The van der Waals surface area contributed by atoms with Crippen molar-refractivity contribution in [1.29, 1.82) is 0 Å². The molecule has 0 saturated heterocycles. The SMILES string of the molecule is C#CC(OC)c1ccc2c(c1)SN[S+]2[O-]. The number of benzene rings is 1. The number of hydrogen-bond acceptors (Lipinski definition) is 4. The van der Waals surface area contributed by atoms with Crippen molar-refractivity contribution in [3.63, 3.8) is 0 Å². The summed E-state index contributed by atoms with van der Waals surface area (Å²) in [6, 6.07) is 5.57. The molecule has 2 atom stereocenters. The van der Waals surface area contributed by atoms with Crippen LogP contribution in [-0.4, -0.2) is 11.7 Å². The fourth-order valence-corrected chi connectivity index (χ4v) is 3.52. The van der Waals surface area contributed by atoms with Crippen LogP contribution in [0.2, 0.25) is 0 Å². The average molecular weight is 239 g/mol. The first-order chi connectivity index (χ1) is 7.26. The number of methoxy groups -OCH3 is 1. The summed E-state index contributed by atoms with van der Waals surface area (Å²) >= 11 is 0.252. The Morgan fingerprint density at radius 3 is 3.13 bits per heavy atom. The van der Waals surface area contributed by atoms with Gasteiger partial charge in [-0.1, -0.05) is 16.1 Å². The van der Waals surface area contributed by atoms with E-state index in [4.69, 9.17) is 11.2 Å². The molecule has 0 saturated carbocycles. The second-order valence-corrected chi connectivity index (χ2v) is 5.23. The minimum Gasteiger partial charge on any atom is -0.592 e. The van der Waals surface area contributed by atoms with Crippen molar-refractivity contribution in [3.8, 4) is 12.3 Å². The first kappa shape index (κ1) is 10.9. The van der Waals surface area contributed by atoms with Gasteiger partial charge >= 0.3 is 0 Å². The van der Waals surface area contributed by atoms with E-state index in [0.717, 1.165) is 15.4 Å². The molecule has 1 aliphatic heterocycles. The number of rotatable bonds is 2. The van der Waals surface area contributed by atoms with Crippen molar-refractivity contribution < 1.29 is 9.29 Å². The largest absolute Gasteiger partial charge is 0.592 e. The molecule has 0 aliphatic carbocycles. The van der Waals surface area contributed by atoms with Crippen molar-refractivity contribution in [2.45, 2.75) is 15.9 Å². The summed E-state index contributed by atoms with van der Waals surface area (Å²) in [7, 11) is 1.57. The van der Waals surface area contributed by atoms with E-state index >= 15 is 0 Å². The first-order valence-corrected chi connectivity index (χ1v) is 6.20. The molecule has 0 bridgehead atoms. The van der Waals surface area contributed by atoms with Crippen LogP contribution in [0.1, 0.15) is 11.7 Å². The van der Waals surface area contributed by atoms with Crippen LogP contribution in [0, 0.1) is 12.3 Å². The van der Waals surface area contributed by atoms with Crippen molar-refractivity contribution in [2.75, 3.05) is 7.11 Å². The van der Waals surface area contributed by atoms with E-state index < -0.39 is 11.4 Å². The highest BCUT2D eigenvalue weighted by molar-refractivity contribution is 8.11. The second kappa shape index (κ2) is 4.47. The summed E-state index contributed by atoms with van der Waals surface area (Å²) in [6.07, 6.45) is 4.99. The molecule has 2 unspecified atom stereocenters. The van der Waals surface area contributed by atoms with Gasteiger partial charge in [0.15, 0.2) is 4.90 Å². The topological polar surface area (TPSA) is 44.3 Å². The van der Waals surface area contributed by atoms with Crippen LogP contribution in [-0.2, 0) is 16.1 Å². The highest BCUT2D eigenvalue weighted by atomic mass is 32.3. The third-order valence-corrected chi connectivity index (χ3v) is 4.47. The number of ether oxygens (including phenoxy) is 1. The van der Waals surface area contributed by atoms with Crippen molar-refractivity contribution in [1.82, 2.24) is 4.13 Å². The molecule has 1 aromatic carbocycles. The van der Waals surface area contributed by atoms with E-state index in [1.54, 1.807) is 7.11 Å². The molecular weight excluding hydrogens is 230 g/mol. The van der Waals surface area contributed by atoms with Gasteiger partial charge in [0.25, 0.3) is 0 Å². The molecule has 0 radical (unpaired) electrons. The summed E-state index contributed by atoms with van der Waals surface area (Å²) in [5, 5.41) is 0. The Hall–Kier alpha value is -0.640. The van der Waals surface area contributed by atoms with Crippen LogP contribution < -0.4 is 4.13 Å². The average Bonchev–Trinajstić information content (AvgIpc) is 2.62. The van der Waals surface area contributed by atoms with Gasteiger partial charge in [-0.2, -0.15) is 0 Å². The van der Waals surface area contributed by atoms with Gasteiger partial charge in [-0.05, 0) is 17.7 Å². The second-order valence-electron chi connectivity index (χ2n) is 2.94. The fourth-order valence-electron chi connectivity index (χ4n) is 1.35. The zero-order chi connectivity index (χ0) is 10.8. The van der Waals surface area contributed by atoms with Gasteiger partial charge < -0.3 is 9.29 Å². The predicted molar refractivity (Wildman–Crippen MR) is 60.4 cm³/mol. The molecule has 1 aliphatic rings. The molecule has 5 heteroatoms.